The summed E-state index contributed by atoms with van der Waals surface area (Å²) in [5.74, 6) is 0. The van der Waals surface area contributed by atoms with Crippen molar-refractivity contribution in [2.75, 3.05) is 9.80 Å². The lowest BCUT2D eigenvalue weighted by atomic mass is 9.33. The summed E-state index contributed by atoms with van der Waals surface area (Å²) < 4.78 is 9.53. The second-order valence-electron chi connectivity index (χ2n) is 26.5. The number of nitrogens with zero attached hydrogens (tertiary/aromatic N) is 3. The first-order valence-electron chi connectivity index (χ1n) is 26.9. The average molecular weight is 942 g/mol. The van der Waals surface area contributed by atoms with Crippen molar-refractivity contribution < 1.29 is 4.42 Å². The maximum Gasteiger partial charge on any atom is 0.252 e. The summed E-state index contributed by atoms with van der Waals surface area (Å²) >= 11 is 0. The largest absolute Gasteiger partial charge is 0.456 e. The molecule has 2 aromatic heterocycles. The quantitative estimate of drug-likeness (QED) is 0.161. The number of aromatic nitrogens is 1. The number of benzene rings is 7. The van der Waals surface area contributed by atoms with Gasteiger partial charge in [0.1, 0.15) is 11.2 Å². The van der Waals surface area contributed by atoms with Gasteiger partial charge in [0, 0.05) is 61.1 Å². The van der Waals surface area contributed by atoms with Gasteiger partial charge in [0.15, 0.2) is 0 Å². The van der Waals surface area contributed by atoms with Crippen molar-refractivity contribution in [3.8, 4) is 16.9 Å². The Labute approximate surface area is 427 Å². The van der Waals surface area contributed by atoms with Crippen molar-refractivity contribution in [2.24, 2.45) is 0 Å². The summed E-state index contributed by atoms with van der Waals surface area (Å²) in [6, 6.07) is 50.1. The lowest BCUT2D eigenvalue weighted by molar-refractivity contribution is 0.195. The van der Waals surface area contributed by atoms with Crippen LogP contribution in [0.2, 0.25) is 0 Å². The molecule has 1 fully saturated rings. The molecule has 360 valence electrons. The summed E-state index contributed by atoms with van der Waals surface area (Å²) in [4.78, 5) is 5.51. The summed E-state index contributed by atoms with van der Waals surface area (Å²) in [7, 11) is 0. The lowest BCUT2D eigenvalue weighted by Crippen LogP contribution is -2.61. The summed E-state index contributed by atoms with van der Waals surface area (Å²) in [5, 5.41) is 3.68. The van der Waals surface area contributed by atoms with E-state index in [0.29, 0.717) is 0 Å². The molecule has 1 saturated carbocycles. The van der Waals surface area contributed by atoms with Gasteiger partial charge in [-0.1, -0.05) is 175 Å². The van der Waals surface area contributed by atoms with Gasteiger partial charge in [-0.3, -0.25) is 0 Å². The van der Waals surface area contributed by atoms with Gasteiger partial charge >= 0.3 is 0 Å². The van der Waals surface area contributed by atoms with Crippen LogP contribution in [-0.2, 0) is 27.1 Å². The standard InChI is InChI=1S/C67H68BN3O/c1-62(2,3)39-28-30-50-47(34-39)66(12)31-18-19-32-67(66,13)71(50)42-37-53-59-54(38-42)70-60-45(58-61(70)43-21-14-16-23-46(43)65(58,10)11)33-41(64(7,8)9)35-49(60)68(59)48-29-27-40(63(4,5)6)36-52(48)69(53)51-24-20-26-56-57(51)44-22-15-17-25-55(44)72-56/h14-17,20-30,33-38H,18-19,31-32H2,1-13H3. The van der Waals surface area contributed by atoms with Crippen molar-refractivity contribution in [1.29, 1.82) is 0 Å². The molecule has 3 aliphatic heterocycles. The molecule has 9 aromatic rings. The molecule has 2 unspecified atom stereocenters. The van der Waals surface area contributed by atoms with Crippen molar-refractivity contribution in [3.05, 3.63) is 161 Å². The summed E-state index contributed by atoms with van der Waals surface area (Å²) in [5.41, 5.74) is 25.6. The highest BCUT2D eigenvalue weighted by atomic mass is 16.3. The maximum atomic E-state index is 6.76. The van der Waals surface area contributed by atoms with E-state index in [1.54, 1.807) is 0 Å². The Bertz CT molecular complexity index is 3860. The highest BCUT2D eigenvalue weighted by Gasteiger charge is 2.58. The fraction of sp³-hybridized carbons (Fsp3) is 0.343. The van der Waals surface area contributed by atoms with Gasteiger partial charge in [-0.05, 0) is 134 Å². The molecule has 5 heterocycles. The molecule has 14 rings (SSSR count). The van der Waals surface area contributed by atoms with Crippen LogP contribution in [0.3, 0.4) is 0 Å². The van der Waals surface area contributed by atoms with Crippen LogP contribution in [0.5, 0.6) is 0 Å². The van der Waals surface area contributed by atoms with Gasteiger partial charge in [0.05, 0.1) is 22.3 Å². The van der Waals surface area contributed by atoms with E-state index in [-0.39, 0.29) is 39.3 Å². The molecule has 0 bridgehead atoms. The zero-order chi connectivity index (χ0) is 50.0. The molecular formula is C67H68BN3O. The van der Waals surface area contributed by atoms with Crippen LogP contribution in [0.1, 0.15) is 149 Å². The van der Waals surface area contributed by atoms with Gasteiger partial charge in [0.25, 0.3) is 6.71 Å². The molecule has 7 aromatic carbocycles. The first kappa shape index (κ1) is 44.3. The van der Waals surface area contributed by atoms with Gasteiger partial charge in [-0.2, -0.15) is 0 Å². The number of anilines is 5. The van der Waals surface area contributed by atoms with Gasteiger partial charge in [-0.15, -0.1) is 0 Å². The molecule has 0 spiro atoms. The predicted molar refractivity (Wildman–Crippen MR) is 306 cm³/mol. The number of hydrogen-bond acceptors (Lipinski definition) is 3. The van der Waals surface area contributed by atoms with Crippen LogP contribution in [0.4, 0.5) is 28.4 Å². The number of fused-ring (bicyclic) bond motifs is 15. The highest BCUT2D eigenvalue weighted by Crippen LogP contribution is 2.63. The third-order valence-electron chi connectivity index (χ3n) is 18.9. The molecule has 0 N–H and O–H groups in total. The van der Waals surface area contributed by atoms with Gasteiger partial charge in [-0.25, -0.2) is 0 Å². The Morgan fingerprint density at radius 1 is 0.528 bits per heavy atom. The fourth-order valence-corrected chi connectivity index (χ4v) is 14.9. The van der Waals surface area contributed by atoms with E-state index in [1.165, 1.54) is 120 Å². The molecule has 4 nitrogen and oxygen atoms in total. The van der Waals surface area contributed by atoms with Crippen LogP contribution in [0.25, 0.3) is 49.8 Å². The molecule has 2 atom stereocenters. The molecule has 2 aliphatic carbocycles. The topological polar surface area (TPSA) is 24.6 Å². The van der Waals surface area contributed by atoms with E-state index in [4.69, 9.17) is 4.42 Å². The Kier molecular flexibility index (Phi) is 8.59. The third-order valence-corrected chi connectivity index (χ3v) is 18.9. The predicted octanol–water partition coefficient (Wildman–Crippen LogP) is 16.1. The minimum absolute atomic E-state index is 0.00830. The zero-order valence-electron chi connectivity index (χ0n) is 44.8. The lowest BCUT2D eigenvalue weighted by Gasteiger charge is -2.51. The van der Waals surface area contributed by atoms with Crippen molar-refractivity contribution in [2.45, 2.75) is 148 Å². The molecule has 5 aliphatic rings. The monoisotopic (exact) mass is 942 g/mol. The van der Waals surface area contributed by atoms with Crippen molar-refractivity contribution in [3.63, 3.8) is 0 Å². The average Bonchev–Trinajstić information content (AvgIpc) is 4.02. The van der Waals surface area contributed by atoms with E-state index in [2.05, 4.69) is 232 Å². The molecule has 72 heavy (non-hydrogen) atoms. The van der Waals surface area contributed by atoms with Crippen molar-refractivity contribution in [1.82, 2.24) is 4.57 Å². The first-order chi connectivity index (χ1) is 34.1. The molecule has 0 radical (unpaired) electrons. The van der Waals surface area contributed by atoms with E-state index in [9.17, 15) is 0 Å². The number of rotatable bonds is 2. The van der Waals surface area contributed by atoms with E-state index in [0.717, 1.165) is 34.0 Å². The smallest absolute Gasteiger partial charge is 0.252 e. The molecular weight excluding hydrogens is 874 g/mol. The zero-order valence-corrected chi connectivity index (χ0v) is 44.8. The van der Waals surface area contributed by atoms with E-state index in [1.807, 2.05) is 0 Å². The minimum Gasteiger partial charge on any atom is -0.456 e. The first-order valence-corrected chi connectivity index (χ1v) is 26.9. The molecule has 0 saturated heterocycles. The second-order valence-corrected chi connectivity index (χ2v) is 26.5. The Balaban J connectivity index is 1.18. The molecule has 5 heteroatoms. The molecule has 0 amide bonds. The van der Waals surface area contributed by atoms with Gasteiger partial charge in [0.2, 0.25) is 0 Å². The van der Waals surface area contributed by atoms with Crippen LogP contribution in [-0.4, -0.2) is 16.8 Å². The summed E-state index contributed by atoms with van der Waals surface area (Å²) in [6.07, 6.45) is 4.76. The maximum absolute atomic E-state index is 6.76. The van der Waals surface area contributed by atoms with Crippen LogP contribution in [0, 0.1) is 0 Å². The number of hydrogen-bond donors (Lipinski definition) is 0. The third kappa shape index (κ3) is 5.55. The van der Waals surface area contributed by atoms with Crippen LogP contribution >= 0.6 is 0 Å². The van der Waals surface area contributed by atoms with E-state index >= 15 is 0 Å². The Morgan fingerprint density at radius 2 is 1.21 bits per heavy atom. The van der Waals surface area contributed by atoms with Crippen LogP contribution in [0.15, 0.2) is 132 Å². The Hall–Kier alpha value is -6.46. The number of para-hydroxylation sites is 1. The number of furan rings is 1. The summed E-state index contributed by atoms with van der Waals surface area (Å²) in [6.45, 7) is 31.5. The fourth-order valence-electron chi connectivity index (χ4n) is 14.9. The second kappa shape index (κ2) is 14.0. The van der Waals surface area contributed by atoms with Crippen LogP contribution < -0.4 is 26.2 Å². The van der Waals surface area contributed by atoms with E-state index < -0.39 is 0 Å². The van der Waals surface area contributed by atoms with Gasteiger partial charge < -0.3 is 18.8 Å². The van der Waals surface area contributed by atoms with Crippen molar-refractivity contribution >= 4 is 84.4 Å². The minimum atomic E-state index is -0.205. The SMILES string of the molecule is CC(C)(C)c1ccc2c(c1)N(c1cccc3oc4ccccc4c13)c1cc(N3c4ccc(C(C)(C)C)cc4C4(C)CCCCC34C)cc3c1B2c1cc(C(C)(C)C)cc2c4c(n-3c12)-c1ccccc1C4(C)C. The highest BCUT2D eigenvalue weighted by molar-refractivity contribution is 7.00. The Morgan fingerprint density at radius 3 is 1.99 bits per heavy atom. The normalized spacial score (nSPS) is 20.5.